The van der Waals surface area contributed by atoms with Crippen LogP contribution in [0.1, 0.15) is 0 Å². The van der Waals surface area contributed by atoms with Crippen LogP contribution >= 0.6 is 0 Å². The molecule has 0 radical (unpaired) electrons. The molecule has 0 unspecified atom stereocenters. The van der Waals surface area contributed by atoms with Gasteiger partial charge in [0.25, 0.3) is 11.8 Å². The SMILES string of the molecule is O=C1C=CC(=O)N1c1cnoc1. The van der Waals surface area contributed by atoms with E-state index in [1.54, 1.807) is 0 Å². The summed E-state index contributed by atoms with van der Waals surface area (Å²) < 4.78 is 4.50. The Morgan fingerprint density at radius 2 is 1.92 bits per heavy atom. The summed E-state index contributed by atoms with van der Waals surface area (Å²) in [6, 6.07) is 0. The van der Waals surface area contributed by atoms with E-state index in [2.05, 4.69) is 9.68 Å². The number of nitrogens with zero attached hydrogens (tertiary/aromatic N) is 2. The lowest BCUT2D eigenvalue weighted by molar-refractivity contribution is -0.119. The molecule has 2 amide bonds. The molecule has 5 heteroatoms. The Morgan fingerprint density at radius 1 is 1.25 bits per heavy atom. The predicted molar refractivity (Wildman–Crippen MR) is 38.1 cm³/mol. The molecule has 0 atom stereocenters. The highest BCUT2D eigenvalue weighted by atomic mass is 16.5. The van der Waals surface area contributed by atoms with Gasteiger partial charge in [0.2, 0.25) is 0 Å². The van der Waals surface area contributed by atoms with Crippen molar-refractivity contribution in [3.05, 3.63) is 24.6 Å². The number of imide groups is 1. The van der Waals surface area contributed by atoms with Crippen LogP contribution in [0.2, 0.25) is 0 Å². The van der Waals surface area contributed by atoms with Crippen LogP contribution in [0.15, 0.2) is 29.1 Å². The van der Waals surface area contributed by atoms with Gasteiger partial charge in [-0.25, -0.2) is 4.90 Å². The number of carbonyl (C=O) groups excluding carboxylic acids is 2. The zero-order valence-electron chi connectivity index (χ0n) is 5.93. The van der Waals surface area contributed by atoms with Crippen molar-refractivity contribution in [1.82, 2.24) is 5.16 Å². The highest BCUT2D eigenvalue weighted by molar-refractivity contribution is 6.27. The largest absolute Gasteiger partial charge is 0.362 e. The van der Waals surface area contributed by atoms with Crippen molar-refractivity contribution < 1.29 is 14.1 Å². The Balaban J connectivity index is 2.37. The van der Waals surface area contributed by atoms with Gasteiger partial charge in [-0.3, -0.25) is 9.59 Å². The minimum Gasteiger partial charge on any atom is -0.362 e. The van der Waals surface area contributed by atoms with Crippen LogP contribution in [0.4, 0.5) is 5.69 Å². The number of hydrogen-bond acceptors (Lipinski definition) is 4. The third-order valence-corrected chi connectivity index (χ3v) is 1.49. The van der Waals surface area contributed by atoms with Crippen LogP contribution in [-0.2, 0) is 9.59 Å². The molecule has 1 aliphatic heterocycles. The summed E-state index contributed by atoms with van der Waals surface area (Å²) in [6.07, 6.45) is 4.95. The van der Waals surface area contributed by atoms with Crippen LogP contribution in [0, 0.1) is 0 Å². The number of rotatable bonds is 1. The first kappa shape index (κ1) is 6.78. The average molecular weight is 164 g/mol. The summed E-state index contributed by atoms with van der Waals surface area (Å²) in [5, 5.41) is 3.39. The number of carbonyl (C=O) groups is 2. The first-order valence-electron chi connectivity index (χ1n) is 3.24. The van der Waals surface area contributed by atoms with E-state index in [4.69, 9.17) is 0 Å². The van der Waals surface area contributed by atoms with Crippen molar-refractivity contribution in [3.63, 3.8) is 0 Å². The maximum Gasteiger partial charge on any atom is 0.258 e. The maximum absolute atomic E-state index is 11.0. The molecule has 0 aliphatic carbocycles. The Bertz CT molecular complexity index is 335. The molecule has 1 aromatic rings. The van der Waals surface area contributed by atoms with E-state index in [9.17, 15) is 9.59 Å². The summed E-state index contributed by atoms with van der Waals surface area (Å²) in [6.45, 7) is 0. The number of anilines is 1. The minimum atomic E-state index is -0.372. The molecule has 0 spiro atoms. The molecule has 12 heavy (non-hydrogen) atoms. The van der Waals surface area contributed by atoms with Gasteiger partial charge in [0.1, 0.15) is 12.0 Å². The molecule has 60 valence electrons. The van der Waals surface area contributed by atoms with Crippen molar-refractivity contribution >= 4 is 17.5 Å². The smallest absolute Gasteiger partial charge is 0.258 e. The molecule has 0 N–H and O–H groups in total. The monoisotopic (exact) mass is 164 g/mol. The first-order chi connectivity index (χ1) is 5.79. The topological polar surface area (TPSA) is 63.4 Å². The average Bonchev–Trinajstić information content (AvgIpc) is 2.61. The van der Waals surface area contributed by atoms with Crippen molar-refractivity contribution in [2.24, 2.45) is 0 Å². The fourth-order valence-electron chi connectivity index (χ4n) is 0.964. The molecule has 2 heterocycles. The van der Waals surface area contributed by atoms with Crippen LogP contribution in [0.5, 0.6) is 0 Å². The maximum atomic E-state index is 11.0. The fourth-order valence-corrected chi connectivity index (χ4v) is 0.964. The molecule has 0 fully saturated rings. The van der Waals surface area contributed by atoms with Crippen molar-refractivity contribution in [1.29, 1.82) is 0 Å². The number of amides is 2. The van der Waals surface area contributed by atoms with Gasteiger partial charge in [-0.15, -0.1) is 0 Å². The third-order valence-electron chi connectivity index (χ3n) is 1.49. The number of aromatic nitrogens is 1. The van der Waals surface area contributed by atoms with Crippen LogP contribution < -0.4 is 4.90 Å². The molecule has 0 saturated carbocycles. The van der Waals surface area contributed by atoms with Crippen LogP contribution in [0.25, 0.3) is 0 Å². The Morgan fingerprint density at radius 3 is 2.42 bits per heavy atom. The molecule has 5 nitrogen and oxygen atoms in total. The second-order valence-corrected chi connectivity index (χ2v) is 2.23. The van der Waals surface area contributed by atoms with Gasteiger partial charge in [0.05, 0.1) is 6.20 Å². The fraction of sp³-hybridized carbons (Fsp3) is 0. The Labute approximate surface area is 67.2 Å². The molecular weight excluding hydrogens is 160 g/mol. The summed E-state index contributed by atoms with van der Waals surface area (Å²) in [5.74, 6) is -0.744. The normalized spacial score (nSPS) is 16.2. The van der Waals surface area contributed by atoms with Crippen molar-refractivity contribution in [2.45, 2.75) is 0 Å². The van der Waals surface area contributed by atoms with Gasteiger partial charge in [-0.05, 0) is 0 Å². The standard InChI is InChI=1S/C7H4N2O3/c10-6-1-2-7(11)9(6)5-3-8-12-4-5/h1-4H. The van der Waals surface area contributed by atoms with Gasteiger partial charge in [0, 0.05) is 12.2 Å². The summed E-state index contributed by atoms with van der Waals surface area (Å²) in [7, 11) is 0. The van der Waals surface area contributed by atoms with Gasteiger partial charge in [-0.1, -0.05) is 5.16 Å². The van der Waals surface area contributed by atoms with E-state index in [1.807, 2.05) is 0 Å². The molecule has 1 aromatic heterocycles. The lowest BCUT2D eigenvalue weighted by Gasteiger charge is -2.08. The summed E-state index contributed by atoms with van der Waals surface area (Å²) in [4.78, 5) is 23.0. The van der Waals surface area contributed by atoms with Crippen molar-refractivity contribution in [2.75, 3.05) is 4.90 Å². The lowest BCUT2D eigenvalue weighted by Crippen LogP contribution is -2.28. The van der Waals surface area contributed by atoms with E-state index in [1.165, 1.54) is 24.6 Å². The van der Waals surface area contributed by atoms with Gasteiger partial charge in [0.15, 0.2) is 0 Å². The van der Waals surface area contributed by atoms with E-state index in [-0.39, 0.29) is 11.8 Å². The first-order valence-corrected chi connectivity index (χ1v) is 3.24. The zero-order valence-corrected chi connectivity index (χ0v) is 5.93. The van der Waals surface area contributed by atoms with E-state index < -0.39 is 0 Å². The van der Waals surface area contributed by atoms with Gasteiger partial charge in [-0.2, -0.15) is 0 Å². The van der Waals surface area contributed by atoms with Gasteiger partial charge >= 0.3 is 0 Å². The van der Waals surface area contributed by atoms with Crippen LogP contribution in [0.3, 0.4) is 0 Å². The van der Waals surface area contributed by atoms with E-state index >= 15 is 0 Å². The Hall–Kier alpha value is -1.91. The predicted octanol–water partition coefficient (Wildman–Crippen LogP) is 0.104. The van der Waals surface area contributed by atoms with Crippen LogP contribution in [-0.4, -0.2) is 17.0 Å². The van der Waals surface area contributed by atoms with Gasteiger partial charge < -0.3 is 4.52 Å². The highest BCUT2D eigenvalue weighted by Crippen LogP contribution is 2.16. The second kappa shape index (κ2) is 2.30. The summed E-state index contributed by atoms with van der Waals surface area (Å²) >= 11 is 0. The Kier molecular flexibility index (Phi) is 1.30. The van der Waals surface area contributed by atoms with E-state index in [0.29, 0.717) is 5.69 Å². The molecule has 0 saturated heterocycles. The molecule has 1 aliphatic rings. The summed E-state index contributed by atoms with van der Waals surface area (Å²) in [5.41, 5.74) is 0.356. The third kappa shape index (κ3) is 0.833. The molecule has 0 aromatic carbocycles. The molecule has 2 rings (SSSR count). The highest BCUT2D eigenvalue weighted by Gasteiger charge is 2.25. The molecule has 0 bridgehead atoms. The zero-order chi connectivity index (χ0) is 8.55. The minimum absolute atomic E-state index is 0.356. The lowest BCUT2D eigenvalue weighted by atomic mass is 10.5. The number of hydrogen-bond donors (Lipinski definition) is 0. The second-order valence-electron chi connectivity index (χ2n) is 2.23. The molecular formula is C7H4N2O3. The van der Waals surface area contributed by atoms with E-state index in [0.717, 1.165) is 4.90 Å². The quantitative estimate of drug-likeness (QED) is 0.552. The van der Waals surface area contributed by atoms with Crippen molar-refractivity contribution in [3.8, 4) is 0 Å².